The monoisotopic (exact) mass is 353 g/mol. The highest BCUT2D eigenvalue weighted by molar-refractivity contribution is 5.96. The van der Waals surface area contributed by atoms with Crippen LogP contribution in [-0.2, 0) is 4.79 Å². The molecule has 1 atom stereocenters. The van der Waals surface area contributed by atoms with Crippen LogP contribution in [0.3, 0.4) is 0 Å². The zero-order valence-electron chi connectivity index (χ0n) is 14.8. The summed E-state index contributed by atoms with van der Waals surface area (Å²) in [5.74, 6) is -0.496. The fourth-order valence-electron chi connectivity index (χ4n) is 2.63. The molecular formula is C18H24FNO5. The number of likely N-dealkylation sites (tertiary alicyclic amines) is 1. The van der Waals surface area contributed by atoms with Crippen molar-refractivity contribution in [3.05, 3.63) is 23.8 Å². The third-order valence-corrected chi connectivity index (χ3v) is 4.25. The van der Waals surface area contributed by atoms with Crippen LogP contribution < -0.4 is 9.47 Å². The van der Waals surface area contributed by atoms with Crippen molar-refractivity contribution in [1.82, 2.24) is 4.90 Å². The van der Waals surface area contributed by atoms with Crippen molar-refractivity contribution in [2.45, 2.75) is 32.4 Å². The Bertz CT molecular complexity index is 648. The number of nitrogens with zero attached hydrogens (tertiary/aromatic N) is 1. The number of benzene rings is 1. The van der Waals surface area contributed by atoms with Crippen LogP contribution >= 0.6 is 0 Å². The van der Waals surface area contributed by atoms with Crippen molar-refractivity contribution in [1.29, 1.82) is 0 Å². The van der Waals surface area contributed by atoms with E-state index in [4.69, 9.17) is 14.6 Å². The second-order valence-corrected chi connectivity index (χ2v) is 6.64. The molecule has 6 nitrogen and oxygen atoms in total. The van der Waals surface area contributed by atoms with Crippen LogP contribution in [0.15, 0.2) is 18.2 Å². The van der Waals surface area contributed by atoms with Gasteiger partial charge in [0, 0.05) is 18.5 Å². The van der Waals surface area contributed by atoms with E-state index < -0.39 is 24.1 Å². The SMILES string of the molecule is COc1cc(C(=O)N2CCC(F)(C(=O)O)C2)ccc1OCCC(C)C. The van der Waals surface area contributed by atoms with Crippen LogP contribution in [0, 0.1) is 5.92 Å². The van der Waals surface area contributed by atoms with Gasteiger partial charge < -0.3 is 19.5 Å². The van der Waals surface area contributed by atoms with Gasteiger partial charge >= 0.3 is 5.97 Å². The van der Waals surface area contributed by atoms with Gasteiger partial charge in [-0.05, 0) is 30.5 Å². The second kappa shape index (κ2) is 7.72. The minimum absolute atomic E-state index is 0.0661. The van der Waals surface area contributed by atoms with Gasteiger partial charge in [0.25, 0.3) is 5.91 Å². The van der Waals surface area contributed by atoms with E-state index in [0.29, 0.717) is 29.6 Å². The fraction of sp³-hybridized carbons (Fsp3) is 0.556. The Hall–Kier alpha value is -2.31. The van der Waals surface area contributed by atoms with Crippen molar-refractivity contribution >= 4 is 11.9 Å². The van der Waals surface area contributed by atoms with Crippen LogP contribution in [0.4, 0.5) is 4.39 Å². The number of hydrogen-bond donors (Lipinski definition) is 1. The topological polar surface area (TPSA) is 76.1 Å². The standard InChI is InChI=1S/C18H24FNO5/c1-12(2)6-9-25-14-5-4-13(10-15(14)24-3)16(21)20-8-7-18(19,11-20)17(22)23/h4-5,10,12H,6-9,11H2,1-3H3,(H,22,23). The van der Waals surface area contributed by atoms with Gasteiger partial charge in [0.05, 0.1) is 20.3 Å². The maximum atomic E-state index is 14.1. The molecule has 1 N–H and O–H groups in total. The predicted molar refractivity (Wildman–Crippen MR) is 89.9 cm³/mol. The summed E-state index contributed by atoms with van der Waals surface area (Å²) in [6, 6.07) is 4.75. The first-order valence-corrected chi connectivity index (χ1v) is 8.29. The highest BCUT2D eigenvalue weighted by Crippen LogP contribution is 2.31. The minimum atomic E-state index is -2.38. The Balaban J connectivity index is 2.09. The molecule has 0 radical (unpaired) electrons. The normalized spacial score (nSPS) is 20.0. The van der Waals surface area contributed by atoms with E-state index in [1.165, 1.54) is 18.1 Å². The lowest BCUT2D eigenvalue weighted by Gasteiger charge is -2.19. The summed E-state index contributed by atoms with van der Waals surface area (Å²) in [7, 11) is 1.48. The van der Waals surface area contributed by atoms with E-state index in [1.54, 1.807) is 12.1 Å². The summed E-state index contributed by atoms with van der Waals surface area (Å²) >= 11 is 0. The minimum Gasteiger partial charge on any atom is -0.493 e. The van der Waals surface area contributed by atoms with Gasteiger partial charge in [-0.2, -0.15) is 0 Å². The molecule has 1 aromatic rings. The smallest absolute Gasteiger partial charge is 0.343 e. The number of aliphatic carboxylic acids is 1. The molecule has 7 heteroatoms. The molecule has 1 amide bonds. The molecular weight excluding hydrogens is 329 g/mol. The third kappa shape index (κ3) is 4.41. The van der Waals surface area contributed by atoms with Gasteiger partial charge in [-0.15, -0.1) is 0 Å². The highest BCUT2D eigenvalue weighted by atomic mass is 19.1. The molecule has 1 unspecified atom stereocenters. The van der Waals surface area contributed by atoms with E-state index in [2.05, 4.69) is 13.8 Å². The molecule has 0 spiro atoms. The number of carbonyl (C=O) groups is 2. The molecule has 138 valence electrons. The molecule has 1 heterocycles. The van der Waals surface area contributed by atoms with E-state index in [-0.39, 0.29) is 13.0 Å². The van der Waals surface area contributed by atoms with E-state index in [0.717, 1.165) is 6.42 Å². The van der Waals surface area contributed by atoms with Crippen LogP contribution in [0.2, 0.25) is 0 Å². The number of halogens is 1. The molecule has 1 aliphatic heterocycles. The first-order valence-electron chi connectivity index (χ1n) is 8.29. The predicted octanol–water partition coefficient (Wildman–Crippen LogP) is 2.76. The first kappa shape index (κ1) is 19.0. The first-order chi connectivity index (χ1) is 11.8. The van der Waals surface area contributed by atoms with Gasteiger partial charge in [-0.1, -0.05) is 13.8 Å². The Morgan fingerprint density at radius 1 is 1.36 bits per heavy atom. The molecule has 0 aromatic heterocycles. The zero-order chi connectivity index (χ0) is 18.6. The second-order valence-electron chi connectivity index (χ2n) is 6.64. The number of hydrogen-bond acceptors (Lipinski definition) is 4. The maximum absolute atomic E-state index is 14.1. The summed E-state index contributed by atoms with van der Waals surface area (Å²) in [6.45, 7) is 4.35. The van der Waals surface area contributed by atoms with Crippen LogP contribution in [-0.4, -0.2) is 54.4 Å². The largest absolute Gasteiger partial charge is 0.493 e. The van der Waals surface area contributed by atoms with Crippen molar-refractivity contribution in [2.75, 3.05) is 26.8 Å². The number of amides is 1. The van der Waals surface area contributed by atoms with Crippen molar-refractivity contribution in [3.63, 3.8) is 0 Å². The highest BCUT2D eigenvalue weighted by Gasteiger charge is 2.47. The zero-order valence-corrected chi connectivity index (χ0v) is 14.8. The summed E-state index contributed by atoms with van der Waals surface area (Å²) in [5.41, 5.74) is -2.07. The number of alkyl halides is 1. The quantitative estimate of drug-likeness (QED) is 0.816. The molecule has 0 saturated carbocycles. The number of methoxy groups -OCH3 is 1. The summed E-state index contributed by atoms with van der Waals surface area (Å²) in [5, 5.41) is 8.93. The Kier molecular flexibility index (Phi) is 5.87. The lowest BCUT2D eigenvalue weighted by molar-refractivity contribution is -0.149. The summed E-state index contributed by atoms with van der Waals surface area (Å²) in [6.07, 6.45) is 0.687. The lowest BCUT2D eigenvalue weighted by Crippen LogP contribution is -2.38. The molecule has 1 aromatic carbocycles. The van der Waals surface area contributed by atoms with E-state index in [1.807, 2.05) is 0 Å². The van der Waals surface area contributed by atoms with Crippen molar-refractivity contribution < 1.29 is 28.6 Å². The molecule has 1 saturated heterocycles. The van der Waals surface area contributed by atoms with Gasteiger partial charge in [0.2, 0.25) is 5.67 Å². The fourth-order valence-corrected chi connectivity index (χ4v) is 2.63. The third-order valence-electron chi connectivity index (χ3n) is 4.25. The van der Waals surface area contributed by atoms with E-state index in [9.17, 15) is 14.0 Å². The Morgan fingerprint density at radius 3 is 2.64 bits per heavy atom. The molecule has 1 aliphatic rings. The van der Waals surface area contributed by atoms with Crippen LogP contribution in [0.25, 0.3) is 0 Å². The van der Waals surface area contributed by atoms with Crippen LogP contribution in [0.1, 0.15) is 37.0 Å². The lowest BCUT2D eigenvalue weighted by atomic mass is 10.1. The molecule has 0 bridgehead atoms. The molecule has 2 rings (SSSR count). The number of carbonyl (C=O) groups excluding carboxylic acids is 1. The van der Waals surface area contributed by atoms with Crippen molar-refractivity contribution in [2.24, 2.45) is 5.92 Å². The molecule has 25 heavy (non-hydrogen) atoms. The summed E-state index contributed by atoms with van der Waals surface area (Å²) < 4.78 is 25.1. The number of carboxylic acid groups (broad SMARTS) is 1. The number of carboxylic acids is 1. The molecule has 0 aliphatic carbocycles. The number of rotatable bonds is 7. The number of ether oxygens (including phenoxy) is 2. The van der Waals surface area contributed by atoms with Crippen LogP contribution in [0.5, 0.6) is 11.5 Å². The average Bonchev–Trinajstić information content (AvgIpc) is 2.98. The van der Waals surface area contributed by atoms with E-state index >= 15 is 0 Å². The Labute approximate surface area is 146 Å². The average molecular weight is 353 g/mol. The van der Waals surface area contributed by atoms with Gasteiger partial charge in [-0.3, -0.25) is 4.79 Å². The van der Waals surface area contributed by atoms with Gasteiger partial charge in [0.1, 0.15) is 0 Å². The van der Waals surface area contributed by atoms with Gasteiger partial charge in [-0.25, -0.2) is 9.18 Å². The van der Waals surface area contributed by atoms with Crippen molar-refractivity contribution in [3.8, 4) is 11.5 Å². The molecule has 1 fully saturated rings. The Morgan fingerprint density at radius 2 is 2.08 bits per heavy atom. The summed E-state index contributed by atoms with van der Waals surface area (Å²) in [4.78, 5) is 24.7. The maximum Gasteiger partial charge on any atom is 0.343 e. The van der Waals surface area contributed by atoms with Gasteiger partial charge in [0.15, 0.2) is 11.5 Å².